The minimum atomic E-state index is -3.07. The molecule has 1 saturated heterocycles. The monoisotopic (exact) mass is 482 g/mol. The third kappa shape index (κ3) is 5.67. The van der Waals surface area contributed by atoms with Crippen molar-refractivity contribution in [2.24, 2.45) is 0 Å². The lowest BCUT2D eigenvalue weighted by atomic mass is 10.0. The van der Waals surface area contributed by atoms with Crippen LogP contribution in [-0.4, -0.2) is 64.5 Å². The molecule has 2 heterocycles. The number of nitrogens with one attached hydrogen (secondary N) is 2. The minimum absolute atomic E-state index is 0.0328. The molecule has 2 aromatic carbocycles. The van der Waals surface area contributed by atoms with Gasteiger partial charge in [-0.3, -0.25) is 14.5 Å². The molecule has 0 saturated carbocycles. The Morgan fingerprint density at radius 3 is 2.06 bits per heavy atom. The van der Waals surface area contributed by atoms with E-state index in [0.29, 0.717) is 24.5 Å². The number of nitrogens with zero attached hydrogens (tertiary/aromatic N) is 4. The molecule has 2 unspecified atom stereocenters. The minimum Gasteiger partial charge on any atom is -0.324 e. The van der Waals surface area contributed by atoms with Crippen molar-refractivity contribution in [2.45, 2.75) is 19.0 Å². The first-order valence-corrected chi connectivity index (χ1v) is 12.7. The lowest BCUT2D eigenvalue weighted by Gasteiger charge is -2.33. The maximum atomic E-state index is 13.3. The maximum absolute atomic E-state index is 13.3. The van der Waals surface area contributed by atoms with E-state index in [-0.39, 0.29) is 23.3 Å². The number of amides is 2. The van der Waals surface area contributed by atoms with Crippen LogP contribution in [-0.2, 0) is 19.4 Å². The van der Waals surface area contributed by atoms with Gasteiger partial charge in [0.05, 0.1) is 11.5 Å². The van der Waals surface area contributed by atoms with E-state index in [1.807, 2.05) is 35.2 Å². The van der Waals surface area contributed by atoms with Crippen LogP contribution in [0, 0.1) is 0 Å². The highest BCUT2D eigenvalue weighted by molar-refractivity contribution is 7.91. The molecular weight excluding hydrogens is 456 g/mol. The molecule has 0 spiro atoms. The zero-order valence-corrected chi connectivity index (χ0v) is 19.5. The van der Waals surface area contributed by atoms with Gasteiger partial charge < -0.3 is 10.6 Å². The van der Waals surface area contributed by atoms with Gasteiger partial charge in [0.2, 0.25) is 11.8 Å². The summed E-state index contributed by atoms with van der Waals surface area (Å²) >= 11 is 0. The van der Waals surface area contributed by atoms with Crippen molar-refractivity contribution in [3.8, 4) is 0 Å². The summed E-state index contributed by atoms with van der Waals surface area (Å²) in [6.45, 7) is 2.31. The van der Waals surface area contributed by atoms with Gasteiger partial charge in [-0.15, -0.1) is 0 Å². The van der Waals surface area contributed by atoms with Crippen LogP contribution in [0.25, 0.3) is 0 Å². The zero-order chi connectivity index (χ0) is 24.1. The Kier molecular flexibility index (Phi) is 7.03. The summed E-state index contributed by atoms with van der Waals surface area (Å²) in [4.78, 5) is 31.4. The Bertz CT molecular complexity index is 1220. The quantitative estimate of drug-likeness (QED) is 0.527. The van der Waals surface area contributed by atoms with Crippen LogP contribution < -0.4 is 10.6 Å². The van der Waals surface area contributed by atoms with E-state index in [0.717, 1.165) is 5.56 Å². The summed E-state index contributed by atoms with van der Waals surface area (Å²) in [5, 5.41) is 9.71. The number of hydrogen-bond donors (Lipinski definition) is 2. The molecule has 0 aliphatic carbocycles. The highest BCUT2D eigenvalue weighted by Gasteiger charge is 2.32. The first-order chi connectivity index (χ1) is 16.3. The molecule has 2 amide bonds. The molecule has 0 radical (unpaired) electrons. The number of hydrogen-bond acceptors (Lipinski definition) is 7. The van der Waals surface area contributed by atoms with Gasteiger partial charge in [-0.2, -0.15) is 5.10 Å². The summed E-state index contributed by atoms with van der Waals surface area (Å²) < 4.78 is 25.2. The molecule has 11 heteroatoms. The largest absolute Gasteiger partial charge is 0.324 e. The molecule has 3 aromatic rings. The van der Waals surface area contributed by atoms with Crippen molar-refractivity contribution in [2.75, 3.05) is 35.2 Å². The Morgan fingerprint density at radius 2 is 1.50 bits per heavy atom. The number of aromatic nitrogens is 3. The first kappa shape index (κ1) is 23.6. The van der Waals surface area contributed by atoms with Crippen molar-refractivity contribution in [1.82, 2.24) is 19.7 Å². The Hall–Kier alpha value is -3.57. The van der Waals surface area contributed by atoms with E-state index < -0.39 is 21.9 Å². The summed E-state index contributed by atoms with van der Waals surface area (Å²) in [7, 11) is -3.07. The van der Waals surface area contributed by atoms with Crippen molar-refractivity contribution in [1.29, 1.82) is 0 Å². The molecule has 10 nitrogen and oxygen atoms in total. The van der Waals surface area contributed by atoms with Gasteiger partial charge in [-0.25, -0.2) is 18.1 Å². The third-order valence-electron chi connectivity index (χ3n) is 5.74. The fourth-order valence-corrected chi connectivity index (χ4v) is 5.01. The molecule has 0 bridgehead atoms. The average Bonchev–Trinajstić information content (AvgIpc) is 3.37. The SMILES string of the molecule is CC(C(=O)Nc1ccc(NC(=O)C(c2ccccc2)N2CCS(=O)(=O)CC2)cc1)n1cncn1. The maximum Gasteiger partial charge on any atom is 0.249 e. The van der Waals surface area contributed by atoms with Crippen LogP contribution in [0.5, 0.6) is 0 Å². The van der Waals surface area contributed by atoms with Crippen LogP contribution >= 0.6 is 0 Å². The number of carbonyl (C=O) groups excluding carboxylic acids is 2. The van der Waals surface area contributed by atoms with E-state index in [9.17, 15) is 18.0 Å². The van der Waals surface area contributed by atoms with Gasteiger partial charge in [0.1, 0.15) is 24.7 Å². The van der Waals surface area contributed by atoms with E-state index >= 15 is 0 Å². The zero-order valence-electron chi connectivity index (χ0n) is 18.7. The fourth-order valence-electron chi connectivity index (χ4n) is 3.78. The fraction of sp³-hybridized carbons (Fsp3) is 0.304. The van der Waals surface area contributed by atoms with E-state index in [2.05, 4.69) is 20.7 Å². The first-order valence-electron chi connectivity index (χ1n) is 10.9. The van der Waals surface area contributed by atoms with Crippen LogP contribution in [0.15, 0.2) is 67.3 Å². The van der Waals surface area contributed by atoms with Gasteiger partial charge in [0, 0.05) is 24.5 Å². The van der Waals surface area contributed by atoms with Gasteiger partial charge in [0.15, 0.2) is 9.84 Å². The van der Waals surface area contributed by atoms with Crippen LogP contribution in [0.1, 0.15) is 24.6 Å². The molecule has 178 valence electrons. The molecular formula is C23H26N6O4S. The lowest BCUT2D eigenvalue weighted by molar-refractivity contribution is -0.121. The number of carbonyl (C=O) groups is 2. The molecule has 1 aliphatic rings. The predicted molar refractivity (Wildman–Crippen MR) is 128 cm³/mol. The Labute approximate surface area is 197 Å². The average molecular weight is 483 g/mol. The van der Waals surface area contributed by atoms with E-state index in [4.69, 9.17) is 0 Å². The number of sulfone groups is 1. The molecule has 1 fully saturated rings. The lowest BCUT2D eigenvalue weighted by Crippen LogP contribution is -2.46. The van der Waals surface area contributed by atoms with Crippen LogP contribution in [0.2, 0.25) is 0 Å². The molecule has 34 heavy (non-hydrogen) atoms. The van der Waals surface area contributed by atoms with Crippen molar-refractivity contribution >= 4 is 33.0 Å². The highest BCUT2D eigenvalue weighted by atomic mass is 32.2. The van der Waals surface area contributed by atoms with Gasteiger partial charge >= 0.3 is 0 Å². The molecule has 2 atom stereocenters. The standard InChI is InChI=1S/C23H26N6O4S/c1-17(29-16-24-15-25-29)22(30)26-19-7-9-20(10-8-19)27-23(31)21(18-5-3-2-4-6-18)28-11-13-34(32,33)14-12-28/h2-10,15-17,21H,11-14H2,1H3,(H,26,30)(H,27,31). The summed E-state index contributed by atoms with van der Waals surface area (Å²) in [6, 6.07) is 15.0. The predicted octanol–water partition coefficient (Wildman–Crippen LogP) is 1.89. The molecule has 4 rings (SSSR count). The molecule has 1 aliphatic heterocycles. The number of rotatable bonds is 7. The van der Waals surface area contributed by atoms with Crippen molar-refractivity contribution in [3.63, 3.8) is 0 Å². The normalized spacial score (nSPS) is 17.4. The van der Waals surface area contributed by atoms with Crippen molar-refractivity contribution < 1.29 is 18.0 Å². The van der Waals surface area contributed by atoms with Crippen LogP contribution in [0.4, 0.5) is 11.4 Å². The van der Waals surface area contributed by atoms with Gasteiger partial charge in [-0.05, 0) is 36.8 Å². The van der Waals surface area contributed by atoms with E-state index in [1.165, 1.54) is 17.3 Å². The number of benzene rings is 2. The van der Waals surface area contributed by atoms with Crippen LogP contribution in [0.3, 0.4) is 0 Å². The third-order valence-corrected chi connectivity index (χ3v) is 7.35. The number of anilines is 2. The second kappa shape index (κ2) is 10.1. The van der Waals surface area contributed by atoms with Gasteiger partial charge in [0.25, 0.3) is 0 Å². The smallest absolute Gasteiger partial charge is 0.249 e. The topological polar surface area (TPSA) is 126 Å². The Morgan fingerprint density at radius 1 is 0.912 bits per heavy atom. The highest BCUT2D eigenvalue weighted by Crippen LogP contribution is 2.25. The second-order valence-corrected chi connectivity index (χ2v) is 10.4. The molecule has 2 N–H and O–H groups in total. The van der Waals surface area contributed by atoms with E-state index in [1.54, 1.807) is 31.2 Å². The summed E-state index contributed by atoms with van der Waals surface area (Å²) in [5.41, 5.74) is 1.94. The summed E-state index contributed by atoms with van der Waals surface area (Å²) in [6.07, 6.45) is 2.84. The Balaban J connectivity index is 1.44. The van der Waals surface area contributed by atoms with Gasteiger partial charge in [-0.1, -0.05) is 30.3 Å². The summed E-state index contributed by atoms with van der Waals surface area (Å²) in [5.74, 6) is -0.427. The second-order valence-electron chi connectivity index (χ2n) is 8.11. The molecule has 1 aromatic heterocycles. The van der Waals surface area contributed by atoms with Crippen molar-refractivity contribution in [3.05, 3.63) is 72.8 Å².